The van der Waals surface area contributed by atoms with E-state index in [1.165, 1.54) is 5.56 Å². The number of aryl methyl sites for hydroxylation is 1. The molecule has 0 unspecified atom stereocenters. The Labute approximate surface area is 255 Å². The van der Waals surface area contributed by atoms with Crippen molar-refractivity contribution in [2.24, 2.45) is 7.05 Å². The van der Waals surface area contributed by atoms with Crippen molar-refractivity contribution in [1.29, 1.82) is 0 Å². The largest absolute Gasteiger partial charge is 0.494 e. The minimum Gasteiger partial charge on any atom is -0.494 e. The molecule has 0 bridgehead atoms. The predicted molar refractivity (Wildman–Crippen MR) is 165 cm³/mol. The molecule has 3 aromatic rings. The first kappa shape index (κ1) is 31.3. The van der Waals surface area contributed by atoms with Crippen LogP contribution in [0.3, 0.4) is 0 Å². The summed E-state index contributed by atoms with van der Waals surface area (Å²) >= 11 is 0. The molecule has 0 aliphatic carbocycles. The summed E-state index contributed by atoms with van der Waals surface area (Å²) in [5.41, 5.74) is 4.46. The number of methoxy groups -OCH3 is 2. The molecule has 1 saturated heterocycles. The summed E-state index contributed by atoms with van der Waals surface area (Å²) in [6.07, 6.45) is 5.33. The lowest BCUT2D eigenvalue weighted by Gasteiger charge is -2.39. The minimum atomic E-state index is -0.0798. The first-order valence-corrected chi connectivity index (χ1v) is 15.3. The SMILES string of the molecule is COCCCOc1ccc([C@@H]2[C@@H](OCc3ccc4c(c3)N(CCCOC)CCO4)CNC[C@H]2OCc2cncn2C)cc1. The molecular formula is C33H46N4O6. The average Bonchev–Trinajstić information content (AvgIpc) is 3.46. The smallest absolute Gasteiger partial charge is 0.142 e. The summed E-state index contributed by atoms with van der Waals surface area (Å²) in [6.45, 7) is 7.02. The number of rotatable bonds is 16. The Morgan fingerprint density at radius 1 is 0.930 bits per heavy atom. The van der Waals surface area contributed by atoms with Gasteiger partial charge >= 0.3 is 0 Å². The zero-order valence-corrected chi connectivity index (χ0v) is 25.7. The van der Waals surface area contributed by atoms with Gasteiger partial charge in [0.05, 0.1) is 62.5 Å². The number of anilines is 1. The quantitative estimate of drug-likeness (QED) is 0.248. The fourth-order valence-electron chi connectivity index (χ4n) is 5.75. The molecule has 10 nitrogen and oxygen atoms in total. The molecule has 0 amide bonds. The minimum absolute atomic E-state index is 0.0449. The maximum atomic E-state index is 6.69. The second-order valence-electron chi connectivity index (χ2n) is 11.1. The Morgan fingerprint density at radius 2 is 1.70 bits per heavy atom. The van der Waals surface area contributed by atoms with E-state index in [1.807, 2.05) is 29.9 Å². The van der Waals surface area contributed by atoms with Gasteiger partial charge in [0, 0.05) is 66.5 Å². The number of hydrogen-bond acceptors (Lipinski definition) is 9. The van der Waals surface area contributed by atoms with Gasteiger partial charge in [-0.15, -0.1) is 0 Å². The van der Waals surface area contributed by atoms with Crippen LogP contribution < -0.4 is 19.7 Å². The van der Waals surface area contributed by atoms with E-state index >= 15 is 0 Å². The molecule has 0 spiro atoms. The van der Waals surface area contributed by atoms with Crippen LogP contribution in [0, 0.1) is 0 Å². The Bertz CT molecular complexity index is 1250. The van der Waals surface area contributed by atoms with Gasteiger partial charge in [-0.25, -0.2) is 4.98 Å². The van der Waals surface area contributed by atoms with E-state index < -0.39 is 0 Å². The monoisotopic (exact) mass is 594 g/mol. The molecular weight excluding hydrogens is 548 g/mol. The van der Waals surface area contributed by atoms with Crippen LogP contribution in [0.2, 0.25) is 0 Å². The number of imidazole rings is 1. The molecule has 1 aromatic heterocycles. The number of hydrogen-bond donors (Lipinski definition) is 1. The predicted octanol–water partition coefficient (Wildman–Crippen LogP) is 3.93. The highest BCUT2D eigenvalue weighted by Gasteiger charge is 2.36. The maximum absolute atomic E-state index is 6.69. The van der Waals surface area contributed by atoms with E-state index in [0.717, 1.165) is 74.1 Å². The number of aromatic nitrogens is 2. The second-order valence-corrected chi connectivity index (χ2v) is 11.1. The molecule has 234 valence electrons. The van der Waals surface area contributed by atoms with Gasteiger partial charge < -0.3 is 43.2 Å². The molecule has 3 atom stereocenters. The van der Waals surface area contributed by atoms with Gasteiger partial charge in [-0.1, -0.05) is 18.2 Å². The van der Waals surface area contributed by atoms with Crippen LogP contribution in [0.25, 0.3) is 0 Å². The van der Waals surface area contributed by atoms with E-state index in [2.05, 4.69) is 45.5 Å². The highest BCUT2D eigenvalue weighted by atomic mass is 16.5. The van der Waals surface area contributed by atoms with Crippen LogP contribution in [-0.4, -0.2) is 88.6 Å². The number of ether oxygens (including phenoxy) is 6. The topological polar surface area (TPSA) is 88.5 Å². The summed E-state index contributed by atoms with van der Waals surface area (Å²) in [5.74, 6) is 1.83. The third-order valence-corrected chi connectivity index (χ3v) is 8.10. The number of fused-ring (bicyclic) bond motifs is 1. The van der Waals surface area contributed by atoms with Gasteiger partial charge in [0.15, 0.2) is 0 Å². The molecule has 1 fully saturated rings. The Balaban J connectivity index is 1.29. The molecule has 2 aliphatic rings. The van der Waals surface area contributed by atoms with Gasteiger partial charge in [-0.3, -0.25) is 0 Å². The van der Waals surface area contributed by atoms with Crippen LogP contribution in [0.15, 0.2) is 55.0 Å². The number of piperidine rings is 1. The van der Waals surface area contributed by atoms with E-state index in [0.29, 0.717) is 33.0 Å². The fraction of sp³-hybridized carbons (Fsp3) is 0.545. The van der Waals surface area contributed by atoms with Gasteiger partial charge in [-0.05, 0) is 41.8 Å². The zero-order valence-electron chi connectivity index (χ0n) is 25.7. The highest BCUT2D eigenvalue weighted by molar-refractivity contribution is 5.61. The maximum Gasteiger partial charge on any atom is 0.142 e. The van der Waals surface area contributed by atoms with Gasteiger partial charge in [-0.2, -0.15) is 0 Å². The van der Waals surface area contributed by atoms with Crippen LogP contribution in [0.1, 0.15) is 35.6 Å². The number of benzene rings is 2. The molecule has 3 heterocycles. The van der Waals surface area contributed by atoms with Crippen LogP contribution in [0.4, 0.5) is 5.69 Å². The normalized spacial score (nSPS) is 20.1. The van der Waals surface area contributed by atoms with Crippen molar-refractivity contribution >= 4 is 5.69 Å². The van der Waals surface area contributed by atoms with E-state index in [4.69, 9.17) is 28.4 Å². The highest BCUT2D eigenvalue weighted by Crippen LogP contribution is 2.35. The number of nitrogens with one attached hydrogen (secondary N) is 1. The first-order chi connectivity index (χ1) is 21.2. The van der Waals surface area contributed by atoms with Gasteiger partial charge in [0.1, 0.15) is 18.1 Å². The summed E-state index contributed by atoms with van der Waals surface area (Å²) in [7, 11) is 5.44. The van der Waals surface area contributed by atoms with Crippen molar-refractivity contribution in [3.8, 4) is 11.5 Å². The first-order valence-electron chi connectivity index (χ1n) is 15.3. The lowest BCUT2D eigenvalue weighted by atomic mass is 9.85. The fourth-order valence-corrected chi connectivity index (χ4v) is 5.75. The van der Waals surface area contributed by atoms with E-state index in [-0.39, 0.29) is 18.1 Å². The Morgan fingerprint density at radius 3 is 2.44 bits per heavy atom. The molecule has 1 N–H and O–H groups in total. The standard InChI is InChI=1S/C33H46N4O6/c1-36-24-35-19-27(36)23-43-32-21-34-20-31(33(32)26-7-9-28(10-8-26)40-16-5-15-39-3)42-22-25-6-11-30-29(18-25)37(13-17-41-30)12-4-14-38-2/h6-11,18-19,24,31-34H,4-5,12-17,20-23H2,1-3H3/t31-,32+,33+/m0/s1. The molecule has 2 aromatic carbocycles. The molecule has 0 radical (unpaired) electrons. The number of nitrogens with zero attached hydrogens (tertiary/aromatic N) is 3. The molecule has 2 aliphatic heterocycles. The Hall–Kier alpha value is -3.15. The van der Waals surface area contributed by atoms with E-state index in [1.54, 1.807) is 20.5 Å². The van der Waals surface area contributed by atoms with Crippen LogP contribution in [-0.2, 0) is 39.2 Å². The third-order valence-electron chi connectivity index (χ3n) is 8.10. The second kappa shape index (κ2) is 16.1. The zero-order chi connectivity index (χ0) is 29.9. The van der Waals surface area contributed by atoms with Crippen LogP contribution in [0.5, 0.6) is 11.5 Å². The van der Waals surface area contributed by atoms with Gasteiger partial charge in [0.25, 0.3) is 0 Å². The van der Waals surface area contributed by atoms with Crippen molar-refractivity contribution in [3.63, 3.8) is 0 Å². The third kappa shape index (κ3) is 8.49. The van der Waals surface area contributed by atoms with Crippen molar-refractivity contribution in [2.75, 3.05) is 71.7 Å². The lowest BCUT2D eigenvalue weighted by molar-refractivity contribution is -0.0659. The summed E-state index contributed by atoms with van der Waals surface area (Å²) < 4.78 is 37.5. The van der Waals surface area contributed by atoms with Gasteiger partial charge in [0.2, 0.25) is 0 Å². The summed E-state index contributed by atoms with van der Waals surface area (Å²) in [5, 5.41) is 3.55. The Kier molecular flexibility index (Phi) is 11.7. The molecule has 5 rings (SSSR count). The van der Waals surface area contributed by atoms with Crippen molar-refractivity contribution in [2.45, 2.75) is 44.2 Å². The average molecular weight is 595 g/mol. The van der Waals surface area contributed by atoms with Crippen LogP contribution >= 0.6 is 0 Å². The lowest BCUT2D eigenvalue weighted by Crippen LogP contribution is -2.50. The summed E-state index contributed by atoms with van der Waals surface area (Å²) in [4.78, 5) is 6.63. The molecule has 10 heteroatoms. The van der Waals surface area contributed by atoms with E-state index in [9.17, 15) is 0 Å². The van der Waals surface area contributed by atoms with Crippen molar-refractivity contribution < 1.29 is 28.4 Å². The van der Waals surface area contributed by atoms with Crippen molar-refractivity contribution in [3.05, 3.63) is 71.8 Å². The summed E-state index contributed by atoms with van der Waals surface area (Å²) in [6, 6.07) is 14.8. The van der Waals surface area contributed by atoms with Crippen molar-refractivity contribution in [1.82, 2.24) is 14.9 Å². The molecule has 43 heavy (non-hydrogen) atoms. The molecule has 0 saturated carbocycles.